The Kier molecular flexibility index (Phi) is 3.80. The van der Waals surface area contributed by atoms with E-state index in [1.54, 1.807) is 48.5 Å². The normalized spacial score (nSPS) is 15.5. The molecule has 0 radical (unpaired) electrons. The molecule has 0 saturated heterocycles. The van der Waals surface area contributed by atoms with Crippen molar-refractivity contribution in [2.24, 2.45) is 0 Å². The molecule has 1 atom stereocenters. The zero-order chi connectivity index (χ0) is 16.4. The van der Waals surface area contributed by atoms with Gasteiger partial charge in [0.25, 0.3) is 5.91 Å². The Morgan fingerprint density at radius 1 is 1.09 bits per heavy atom. The van der Waals surface area contributed by atoms with E-state index < -0.39 is 23.5 Å². The molecule has 2 N–H and O–H groups in total. The summed E-state index contributed by atoms with van der Waals surface area (Å²) >= 11 is 0. The molecule has 6 heteroatoms. The van der Waals surface area contributed by atoms with Crippen LogP contribution in [-0.4, -0.2) is 24.7 Å². The highest BCUT2D eigenvalue weighted by atomic mass is 16.5. The number of para-hydroxylation sites is 1. The van der Waals surface area contributed by atoms with Crippen molar-refractivity contribution < 1.29 is 19.1 Å². The van der Waals surface area contributed by atoms with Crippen LogP contribution < -0.4 is 15.4 Å². The molecule has 0 fully saturated rings. The minimum Gasteiger partial charge on any atom is -0.497 e. The number of ether oxygens (including phenoxy) is 1. The summed E-state index contributed by atoms with van der Waals surface area (Å²) in [6.45, 7) is 0. The first-order chi connectivity index (χ1) is 11.1. The van der Waals surface area contributed by atoms with Crippen LogP contribution >= 0.6 is 0 Å². The molecule has 2 amide bonds. The Morgan fingerprint density at radius 2 is 1.78 bits per heavy atom. The molecule has 2 aromatic rings. The Balaban J connectivity index is 1.77. The van der Waals surface area contributed by atoms with Gasteiger partial charge < -0.3 is 15.4 Å². The number of rotatable bonds is 4. The molecule has 116 valence electrons. The van der Waals surface area contributed by atoms with E-state index in [9.17, 15) is 14.4 Å². The molecule has 1 heterocycles. The standard InChI is InChI=1S/C17H14N2O4/c1-23-11-8-6-10(7-9-11)18-17(22)15(20)14-12-4-2-3-5-13(12)19-16(14)21/h2-9,14H,1H3,(H,18,22)(H,19,21). The van der Waals surface area contributed by atoms with Gasteiger partial charge in [-0.2, -0.15) is 0 Å². The fraction of sp³-hybridized carbons (Fsp3) is 0.118. The topological polar surface area (TPSA) is 84.5 Å². The van der Waals surface area contributed by atoms with Gasteiger partial charge in [0.05, 0.1) is 7.11 Å². The van der Waals surface area contributed by atoms with E-state index in [-0.39, 0.29) is 0 Å². The quantitative estimate of drug-likeness (QED) is 0.667. The summed E-state index contributed by atoms with van der Waals surface area (Å²) in [6, 6.07) is 13.4. The van der Waals surface area contributed by atoms with Crippen LogP contribution in [0.1, 0.15) is 11.5 Å². The summed E-state index contributed by atoms with van der Waals surface area (Å²) in [5, 5.41) is 5.10. The number of Topliss-reactive ketones (excluding diaryl/α,β-unsaturated/α-hetero) is 1. The minimum atomic E-state index is -1.11. The first-order valence-corrected chi connectivity index (χ1v) is 6.99. The van der Waals surface area contributed by atoms with E-state index in [0.717, 1.165) is 0 Å². The molecule has 0 aliphatic carbocycles. The van der Waals surface area contributed by atoms with Gasteiger partial charge in [-0.05, 0) is 35.9 Å². The lowest BCUT2D eigenvalue weighted by Crippen LogP contribution is -2.31. The number of methoxy groups -OCH3 is 1. The SMILES string of the molecule is COc1ccc(NC(=O)C(=O)C2C(=O)Nc3ccccc32)cc1. The number of amides is 2. The van der Waals surface area contributed by atoms with E-state index >= 15 is 0 Å². The van der Waals surface area contributed by atoms with E-state index in [2.05, 4.69) is 10.6 Å². The summed E-state index contributed by atoms with van der Waals surface area (Å²) in [6.07, 6.45) is 0. The second-order valence-electron chi connectivity index (χ2n) is 5.06. The molecular formula is C17H14N2O4. The fourth-order valence-electron chi connectivity index (χ4n) is 2.47. The van der Waals surface area contributed by atoms with Crippen molar-refractivity contribution in [2.45, 2.75) is 5.92 Å². The highest BCUT2D eigenvalue weighted by Gasteiger charge is 2.39. The Hall–Kier alpha value is -3.15. The number of nitrogens with one attached hydrogen (secondary N) is 2. The van der Waals surface area contributed by atoms with Crippen LogP contribution in [0, 0.1) is 0 Å². The first kappa shape index (κ1) is 14.8. The molecule has 23 heavy (non-hydrogen) atoms. The maximum absolute atomic E-state index is 12.3. The molecule has 0 bridgehead atoms. The van der Waals surface area contributed by atoms with Gasteiger partial charge in [-0.3, -0.25) is 14.4 Å². The molecular weight excluding hydrogens is 296 g/mol. The van der Waals surface area contributed by atoms with Crippen LogP contribution in [0.15, 0.2) is 48.5 Å². The van der Waals surface area contributed by atoms with Gasteiger partial charge >= 0.3 is 0 Å². The molecule has 0 aromatic heterocycles. The van der Waals surface area contributed by atoms with Crippen LogP contribution in [0.5, 0.6) is 5.75 Å². The van der Waals surface area contributed by atoms with Crippen LogP contribution in [0.3, 0.4) is 0 Å². The molecule has 6 nitrogen and oxygen atoms in total. The van der Waals surface area contributed by atoms with Crippen molar-refractivity contribution in [2.75, 3.05) is 17.7 Å². The van der Waals surface area contributed by atoms with Crippen molar-refractivity contribution in [3.8, 4) is 5.75 Å². The summed E-state index contributed by atoms with van der Waals surface area (Å²) < 4.78 is 5.02. The van der Waals surface area contributed by atoms with Gasteiger partial charge in [-0.25, -0.2) is 0 Å². The average Bonchev–Trinajstić information content (AvgIpc) is 2.90. The van der Waals surface area contributed by atoms with Crippen molar-refractivity contribution >= 4 is 29.0 Å². The van der Waals surface area contributed by atoms with Crippen LogP contribution in [0.25, 0.3) is 0 Å². The number of ketones is 1. The van der Waals surface area contributed by atoms with Gasteiger partial charge in [0.1, 0.15) is 11.7 Å². The van der Waals surface area contributed by atoms with Crippen molar-refractivity contribution in [3.63, 3.8) is 0 Å². The Labute approximate surface area is 132 Å². The third-order valence-corrected chi connectivity index (χ3v) is 3.63. The number of carbonyl (C=O) groups is 3. The average molecular weight is 310 g/mol. The summed E-state index contributed by atoms with van der Waals surface area (Å²) in [5.41, 5.74) is 1.54. The highest BCUT2D eigenvalue weighted by molar-refractivity contribution is 6.47. The molecule has 2 aromatic carbocycles. The molecule has 0 saturated carbocycles. The van der Waals surface area contributed by atoms with Crippen molar-refractivity contribution in [3.05, 3.63) is 54.1 Å². The number of benzene rings is 2. The third kappa shape index (κ3) is 2.78. The number of hydrogen-bond donors (Lipinski definition) is 2. The largest absolute Gasteiger partial charge is 0.497 e. The van der Waals surface area contributed by atoms with Gasteiger partial charge in [-0.15, -0.1) is 0 Å². The van der Waals surface area contributed by atoms with Crippen LogP contribution in [0.2, 0.25) is 0 Å². The van der Waals surface area contributed by atoms with Gasteiger partial charge in [0, 0.05) is 11.4 Å². The maximum Gasteiger partial charge on any atom is 0.292 e. The first-order valence-electron chi connectivity index (χ1n) is 6.99. The molecule has 3 rings (SSSR count). The lowest BCUT2D eigenvalue weighted by Gasteiger charge is -2.09. The number of fused-ring (bicyclic) bond motifs is 1. The zero-order valence-corrected chi connectivity index (χ0v) is 12.3. The van der Waals surface area contributed by atoms with E-state index in [4.69, 9.17) is 4.74 Å². The molecule has 1 unspecified atom stereocenters. The molecule has 0 spiro atoms. The summed E-state index contributed by atoms with van der Waals surface area (Å²) in [7, 11) is 1.53. The fourth-order valence-corrected chi connectivity index (χ4v) is 2.47. The van der Waals surface area contributed by atoms with E-state index in [0.29, 0.717) is 22.7 Å². The van der Waals surface area contributed by atoms with Crippen LogP contribution in [0.4, 0.5) is 11.4 Å². The van der Waals surface area contributed by atoms with Gasteiger partial charge in [0.15, 0.2) is 0 Å². The second-order valence-corrected chi connectivity index (χ2v) is 5.06. The zero-order valence-electron chi connectivity index (χ0n) is 12.3. The lowest BCUT2D eigenvalue weighted by atomic mass is 9.95. The summed E-state index contributed by atoms with van der Waals surface area (Å²) in [5.74, 6) is -2.57. The Bertz CT molecular complexity index is 783. The van der Waals surface area contributed by atoms with Crippen LogP contribution in [-0.2, 0) is 14.4 Å². The number of carbonyl (C=O) groups excluding carboxylic acids is 3. The molecule has 1 aliphatic rings. The lowest BCUT2D eigenvalue weighted by molar-refractivity contribution is -0.138. The van der Waals surface area contributed by atoms with Crippen molar-refractivity contribution in [1.29, 1.82) is 0 Å². The Morgan fingerprint density at radius 3 is 2.48 bits per heavy atom. The van der Waals surface area contributed by atoms with Gasteiger partial charge in [-0.1, -0.05) is 18.2 Å². The number of anilines is 2. The van der Waals surface area contributed by atoms with E-state index in [1.165, 1.54) is 7.11 Å². The predicted octanol–water partition coefficient (Wildman–Crippen LogP) is 1.94. The second kappa shape index (κ2) is 5.92. The van der Waals surface area contributed by atoms with Crippen molar-refractivity contribution in [1.82, 2.24) is 0 Å². The third-order valence-electron chi connectivity index (χ3n) is 3.63. The van der Waals surface area contributed by atoms with E-state index in [1.807, 2.05) is 0 Å². The van der Waals surface area contributed by atoms with Gasteiger partial charge in [0.2, 0.25) is 11.7 Å². The monoisotopic (exact) mass is 310 g/mol. The predicted molar refractivity (Wildman–Crippen MR) is 84.4 cm³/mol. The maximum atomic E-state index is 12.3. The highest BCUT2D eigenvalue weighted by Crippen LogP contribution is 2.32. The molecule has 1 aliphatic heterocycles. The summed E-state index contributed by atoms with van der Waals surface area (Å²) in [4.78, 5) is 36.5. The number of hydrogen-bond acceptors (Lipinski definition) is 4. The minimum absolute atomic E-state index is 0.454. The smallest absolute Gasteiger partial charge is 0.292 e.